The van der Waals surface area contributed by atoms with E-state index >= 15 is 0 Å². The summed E-state index contributed by atoms with van der Waals surface area (Å²) < 4.78 is 2.43. The van der Waals surface area contributed by atoms with Crippen molar-refractivity contribution in [1.29, 1.82) is 0 Å². The second kappa shape index (κ2) is 14.5. The topological polar surface area (TPSA) is 41.9 Å². The van der Waals surface area contributed by atoms with Gasteiger partial charge in [-0.1, -0.05) is 159 Å². The fourth-order valence-electron chi connectivity index (χ4n) is 10.1. The highest BCUT2D eigenvalue weighted by atomic mass is 32.1. The van der Waals surface area contributed by atoms with Gasteiger partial charge in [0, 0.05) is 60.4 Å². The summed E-state index contributed by atoms with van der Waals surface area (Å²) in [5, 5.41) is 3.67. The zero-order valence-corrected chi connectivity index (χ0v) is 35.4. The molecular formula is C57H42N4S. The van der Waals surface area contributed by atoms with E-state index in [-0.39, 0.29) is 5.54 Å². The van der Waals surface area contributed by atoms with Gasteiger partial charge in [-0.15, -0.1) is 11.3 Å². The van der Waals surface area contributed by atoms with Crippen molar-refractivity contribution >= 4 is 48.1 Å². The molecule has 62 heavy (non-hydrogen) atoms. The van der Waals surface area contributed by atoms with Crippen LogP contribution in [0.5, 0.6) is 0 Å². The van der Waals surface area contributed by atoms with Crippen molar-refractivity contribution in [3.63, 3.8) is 0 Å². The molecule has 12 rings (SSSR count). The van der Waals surface area contributed by atoms with Gasteiger partial charge in [0.15, 0.2) is 5.82 Å². The molecule has 0 radical (unpaired) electrons. The molecule has 3 unspecified atom stereocenters. The van der Waals surface area contributed by atoms with Gasteiger partial charge < -0.3 is 4.90 Å². The van der Waals surface area contributed by atoms with E-state index in [0.717, 1.165) is 62.5 Å². The summed E-state index contributed by atoms with van der Waals surface area (Å²) in [7, 11) is 0. The van der Waals surface area contributed by atoms with E-state index in [1.807, 2.05) is 11.3 Å². The first-order valence-electron chi connectivity index (χ1n) is 21.5. The number of pyridine rings is 1. The molecule has 9 aromatic rings. The second-order valence-electron chi connectivity index (χ2n) is 17.0. The monoisotopic (exact) mass is 814 g/mol. The number of thiophene rings is 1. The van der Waals surface area contributed by atoms with Gasteiger partial charge in [0.2, 0.25) is 0 Å². The third-order valence-corrected chi connectivity index (χ3v) is 14.3. The number of fused-ring (bicyclic) bond motifs is 7. The number of nitrogens with zero attached hydrogens (tertiary/aromatic N) is 4. The van der Waals surface area contributed by atoms with Crippen LogP contribution in [0.15, 0.2) is 205 Å². The van der Waals surface area contributed by atoms with Crippen molar-refractivity contribution in [3.8, 4) is 56.3 Å². The molecule has 3 atom stereocenters. The number of hydrogen-bond acceptors (Lipinski definition) is 5. The van der Waals surface area contributed by atoms with Crippen LogP contribution in [0, 0.1) is 11.8 Å². The lowest BCUT2D eigenvalue weighted by Gasteiger charge is -2.40. The normalized spacial score (nSPS) is 19.2. The Morgan fingerprint density at radius 2 is 1.34 bits per heavy atom. The van der Waals surface area contributed by atoms with Crippen LogP contribution in [0.3, 0.4) is 0 Å². The van der Waals surface area contributed by atoms with Gasteiger partial charge in [-0.05, 0) is 78.4 Å². The quantitative estimate of drug-likeness (QED) is 0.168. The molecule has 3 aliphatic rings. The van der Waals surface area contributed by atoms with Gasteiger partial charge in [-0.25, -0.2) is 15.0 Å². The smallest absolute Gasteiger partial charge is 0.160 e. The largest absolute Gasteiger partial charge is 0.331 e. The summed E-state index contributed by atoms with van der Waals surface area (Å²) in [6, 6.07) is 56.2. The first kappa shape index (κ1) is 36.6. The average molecular weight is 815 g/mol. The Bertz CT molecular complexity index is 3380. The second-order valence-corrected chi connectivity index (χ2v) is 18.0. The molecule has 0 spiro atoms. The summed E-state index contributed by atoms with van der Waals surface area (Å²) in [4.78, 5) is 18.7. The number of hydrogen-bond donors (Lipinski definition) is 0. The van der Waals surface area contributed by atoms with E-state index in [1.54, 1.807) is 0 Å². The average Bonchev–Trinajstić information content (AvgIpc) is 3.85. The minimum absolute atomic E-state index is 0.201. The number of aromatic nitrogens is 3. The van der Waals surface area contributed by atoms with Crippen LogP contribution in [0.2, 0.25) is 0 Å². The third-order valence-electron chi connectivity index (χ3n) is 13.1. The Morgan fingerprint density at radius 3 is 2.19 bits per heavy atom. The predicted molar refractivity (Wildman–Crippen MR) is 260 cm³/mol. The highest BCUT2D eigenvalue weighted by molar-refractivity contribution is 7.26. The molecule has 3 aromatic heterocycles. The van der Waals surface area contributed by atoms with Gasteiger partial charge in [0.25, 0.3) is 0 Å². The molecule has 0 fully saturated rings. The molecule has 0 amide bonds. The van der Waals surface area contributed by atoms with Gasteiger partial charge in [-0.2, -0.15) is 0 Å². The van der Waals surface area contributed by atoms with Crippen molar-refractivity contribution in [2.45, 2.75) is 25.8 Å². The van der Waals surface area contributed by atoms with Crippen LogP contribution in [-0.4, -0.2) is 20.5 Å². The van der Waals surface area contributed by atoms with Crippen molar-refractivity contribution < 1.29 is 0 Å². The Hall–Kier alpha value is -7.21. The van der Waals surface area contributed by atoms with Crippen LogP contribution >= 0.6 is 11.3 Å². The lowest BCUT2D eigenvalue weighted by atomic mass is 9.75. The Kier molecular flexibility index (Phi) is 8.55. The van der Waals surface area contributed by atoms with E-state index < -0.39 is 0 Å². The lowest BCUT2D eigenvalue weighted by molar-refractivity contribution is 0.466. The fraction of sp³-hybridized carbons (Fsp3) is 0.105. The Balaban J connectivity index is 1.01. The highest BCUT2D eigenvalue weighted by Gasteiger charge is 2.49. The van der Waals surface area contributed by atoms with Crippen molar-refractivity contribution in [3.05, 3.63) is 205 Å². The van der Waals surface area contributed by atoms with E-state index in [1.165, 1.54) is 42.4 Å². The lowest BCUT2D eigenvalue weighted by Crippen LogP contribution is -2.45. The molecule has 0 N–H and O–H groups in total. The number of rotatable bonds is 6. The summed E-state index contributed by atoms with van der Waals surface area (Å²) in [5.41, 5.74) is 13.9. The van der Waals surface area contributed by atoms with Crippen LogP contribution in [0.1, 0.15) is 20.3 Å². The number of allylic oxidation sites excluding steroid dienone is 4. The van der Waals surface area contributed by atoms with Crippen LogP contribution in [-0.2, 0) is 0 Å². The summed E-state index contributed by atoms with van der Waals surface area (Å²) in [6.45, 7) is 4.75. The Labute approximate surface area is 365 Å². The molecule has 6 aromatic carbocycles. The van der Waals surface area contributed by atoms with E-state index in [4.69, 9.17) is 15.0 Å². The predicted octanol–water partition coefficient (Wildman–Crippen LogP) is 14.9. The summed E-state index contributed by atoms with van der Waals surface area (Å²) >= 11 is 1.81. The standard InChI is InChI=1S/C57H42N4S/c1-36-16-13-27-50-52(36)46-26-11-12-31-57(46,2)61(50)43-24-15-21-40(33-43)48-35-47(38-19-7-4-8-20-38)59-56(60-48)42-23-14-22-41(32-42)54-55-53(45-25-9-10-28-51(45)62-55)44-30-29-39(34-49(44)58-54)37-17-5-3-6-18-37/h3-15,17-36,46H,16H2,1-2H3. The van der Waals surface area contributed by atoms with Gasteiger partial charge in [0.1, 0.15) is 0 Å². The minimum atomic E-state index is -0.201. The van der Waals surface area contributed by atoms with E-state index in [2.05, 4.69) is 213 Å². The van der Waals surface area contributed by atoms with Gasteiger partial charge >= 0.3 is 0 Å². The molecule has 2 aliphatic carbocycles. The SMILES string of the molecule is CC1CC=CC2=C1C1C=CC=CC1(C)N2c1cccc(-c2cc(-c3ccccc3)nc(-c3cccc(-c4nc5cc(-c6ccccc6)ccc5c5c4sc4ccccc45)c3)n2)c1. The van der Waals surface area contributed by atoms with E-state index in [0.29, 0.717) is 17.7 Å². The molecule has 4 nitrogen and oxygen atoms in total. The summed E-state index contributed by atoms with van der Waals surface area (Å²) in [5.74, 6) is 1.49. The fourth-order valence-corrected chi connectivity index (χ4v) is 11.4. The summed E-state index contributed by atoms with van der Waals surface area (Å²) in [6.07, 6.45) is 15.0. The molecular weight excluding hydrogens is 773 g/mol. The maximum absolute atomic E-state index is 5.48. The van der Waals surface area contributed by atoms with Crippen LogP contribution in [0.25, 0.3) is 87.4 Å². The van der Waals surface area contributed by atoms with Gasteiger partial charge in [-0.3, -0.25) is 0 Å². The highest BCUT2D eigenvalue weighted by Crippen LogP contribution is 2.53. The Morgan fingerprint density at radius 1 is 0.613 bits per heavy atom. The minimum Gasteiger partial charge on any atom is -0.331 e. The first-order valence-corrected chi connectivity index (χ1v) is 22.3. The first-order chi connectivity index (χ1) is 30.5. The maximum Gasteiger partial charge on any atom is 0.160 e. The molecule has 296 valence electrons. The molecule has 5 heteroatoms. The van der Waals surface area contributed by atoms with Crippen molar-refractivity contribution in [1.82, 2.24) is 15.0 Å². The number of anilines is 1. The van der Waals surface area contributed by atoms with Crippen molar-refractivity contribution in [2.75, 3.05) is 4.90 Å². The van der Waals surface area contributed by atoms with Crippen LogP contribution in [0.4, 0.5) is 5.69 Å². The zero-order chi connectivity index (χ0) is 41.4. The number of benzene rings is 6. The third kappa shape index (κ3) is 5.91. The zero-order valence-electron chi connectivity index (χ0n) is 34.5. The van der Waals surface area contributed by atoms with Gasteiger partial charge in [0.05, 0.1) is 32.8 Å². The van der Waals surface area contributed by atoms with Crippen LogP contribution < -0.4 is 4.90 Å². The van der Waals surface area contributed by atoms with Crippen molar-refractivity contribution in [2.24, 2.45) is 11.8 Å². The molecule has 0 saturated carbocycles. The van der Waals surface area contributed by atoms with E-state index in [9.17, 15) is 0 Å². The molecule has 1 aliphatic heterocycles. The molecule has 4 heterocycles. The molecule has 0 bridgehead atoms. The maximum atomic E-state index is 5.48. The molecule has 0 saturated heterocycles.